The van der Waals surface area contributed by atoms with Crippen molar-refractivity contribution in [2.45, 2.75) is 19.9 Å². The van der Waals surface area contributed by atoms with Gasteiger partial charge in [0.25, 0.3) is 5.91 Å². The Morgan fingerprint density at radius 1 is 1.18 bits per heavy atom. The first kappa shape index (κ1) is 19.8. The second kappa shape index (κ2) is 8.35. The lowest BCUT2D eigenvalue weighted by atomic mass is 10.0. The number of hydrogen-bond acceptors (Lipinski definition) is 5. The van der Waals surface area contributed by atoms with E-state index >= 15 is 0 Å². The van der Waals surface area contributed by atoms with Gasteiger partial charge >= 0.3 is 0 Å². The Morgan fingerprint density at radius 3 is 2.61 bits per heavy atom. The first-order valence-corrected chi connectivity index (χ1v) is 9.08. The molecular formula is C21H21ClN2O4. The third kappa shape index (κ3) is 3.82. The van der Waals surface area contributed by atoms with Crippen molar-refractivity contribution in [2.75, 3.05) is 14.2 Å². The van der Waals surface area contributed by atoms with Crippen LogP contribution in [0.15, 0.2) is 47.0 Å². The summed E-state index contributed by atoms with van der Waals surface area (Å²) >= 11 is 6.27. The van der Waals surface area contributed by atoms with E-state index in [9.17, 15) is 4.79 Å². The van der Waals surface area contributed by atoms with Crippen molar-refractivity contribution >= 4 is 17.5 Å². The largest absolute Gasteiger partial charge is 0.497 e. The zero-order valence-corrected chi connectivity index (χ0v) is 16.8. The average Bonchev–Trinajstić information content (AvgIpc) is 3.08. The predicted octanol–water partition coefficient (Wildman–Crippen LogP) is 4.81. The molecule has 1 aromatic heterocycles. The van der Waals surface area contributed by atoms with Crippen LogP contribution >= 0.6 is 11.6 Å². The minimum Gasteiger partial charge on any atom is -0.497 e. The van der Waals surface area contributed by atoms with Gasteiger partial charge in [-0.3, -0.25) is 4.79 Å². The van der Waals surface area contributed by atoms with Gasteiger partial charge in [0.05, 0.1) is 25.3 Å². The summed E-state index contributed by atoms with van der Waals surface area (Å²) in [6.07, 6.45) is 0. The third-order valence-electron chi connectivity index (χ3n) is 4.47. The summed E-state index contributed by atoms with van der Waals surface area (Å²) in [7, 11) is 3.16. The van der Waals surface area contributed by atoms with Gasteiger partial charge in [-0.05, 0) is 32.0 Å². The van der Waals surface area contributed by atoms with Crippen molar-refractivity contribution < 1.29 is 18.8 Å². The topological polar surface area (TPSA) is 73.6 Å². The van der Waals surface area contributed by atoms with Crippen molar-refractivity contribution in [1.82, 2.24) is 10.5 Å². The summed E-state index contributed by atoms with van der Waals surface area (Å²) in [5.41, 5.74) is 2.23. The molecule has 28 heavy (non-hydrogen) atoms. The lowest BCUT2D eigenvalue weighted by Crippen LogP contribution is -2.27. The molecule has 6 nitrogen and oxygen atoms in total. The van der Waals surface area contributed by atoms with Gasteiger partial charge in [0, 0.05) is 17.2 Å². The molecule has 1 heterocycles. The molecule has 7 heteroatoms. The van der Waals surface area contributed by atoms with Gasteiger partial charge in [-0.25, -0.2) is 0 Å². The molecule has 1 N–H and O–H groups in total. The van der Waals surface area contributed by atoms with Crippen LogP contribution in [-0.2, 0) is 0 Å². The van der Waals surface area contributed by atoms with E-state index in [1.54, 1.807) is 39.3 Å². The van der Waals surface area contributed by atoms with Crippen LogP contribution in [0, 0.1) is 6.92 Å². The van der Waals surface area contributed by atoms with Crippen LogP contribution in [0.2, 0.25) is 5.02 Å². The third-order valence-corrected chi connectivity index (χ3v) is 4.80. The van der Waals surface area contributed by atoms with Gasteiger partial charge in [0.1, 0.15) is 28.5 Å². The van der Waals surface area contributed by atoms with Gasteiger partial charge in [-0.2, -0.15) is 0 Å². The molecule has 0 aliphatic heterocycles. The first-order valence-electron chi connectivity index (χ1n) is 8.70. The molecular weight excluding hydrogens is 380 g/mol. The van der Waals surface area contributed by atoms with E-state index in [0.717, 1.165) is 5.56 Å². The second-order valence-corrected chi connectivity index (χ2v) is 6.65. The van der Waals surface area contributed by atoms with Gasteiger partial charge in [0.15, 0.2) is 0 Å². The van der Waals surface area contributed by atoms with Crippen molar-refractivity contribution in [3.63, 3.8) is 0 Å². The van der Waals surface area contributed by atoms with E-state index in [0.29, 0.717) is 39.1 Å². The number of halogens is 1. The number of carbonyl (C=O) groups is 1. The van der Waals surface area contributed by atoms with Crippen LogP contribution in [0.25, 0.3) is 11.3 Å². The number of hydrogen-bond donors (Lipinski definition) is 1. The van der Waals surface area contributed by atoms with Crippen molar-refractivity contribution in [2.24, 2.45) is 0 Å². The lowest BCUT2D eigenvalue weighted by Gasteiger charge is -2.18. The van der Waals surface area contributed by atoms with E-state index in [1.807, 2.05) is 31.2 Å². The van der Waals surface area contributed by atoms with Gasteiger partial charge in [0.2, 0.25) is 0 Å². The quantitative estimate of drug-likeness (QED) is 0.642. The van der Waals surface area contributed by atoms with Crippen LogP contribution in [-0.4, -0.2) is 25.3 Å². The van der Waals surface area contributed by atoms with E-state index < -0.39 is 0 Å². The minimum atomic E-state index is -0.318. The highest BCUT2D eigenvalue weighted by Gasteiger charge is 2.25. The molecule has 3 rings (SSSR count). The predicted molar refractivity (Wildman–Crippen MR) is 107 cm³/mol. The summed E-state index contributed by atoms with van der Waals surface area (Å²) in [6.45, 7) is 3.57. The van der Waals surface area contributed by atoms with Crippen molar-refractivity contribution in [3.8, 4) is 22.8 Å². The van der Waals surface area contributed by atoms with Gasteiger partial charge in [-0.1, -0.05) is 35.0 Å². The smallest absolute Gasteiger partial charge is 0.257 e. The number of benzene rings is 2. The molecule has 3 aromatic rings. The molecule has 1 unspecified atom stereocenters. The standard InChI is InChI=1S/C21H21ClN2O4/c1-12(15-10-9-14(26-3)11-18(15)27-4)23-21(25)19-13(2)28-24-20(19)16-7-5-6-8-17(16)22/h5-12H,1-4H3,(H,23,25). The number of nitrogens with zero attached hydrogens (tertiary/aromatic N) is 1. The Labute approximate surface area is 168 Å². The second-order valence-electron chi connectivity index (χ2n) is 6.25. The normalized spacial score (nSPS) is 11.8. The first-order chi connectivity index (χ1) is 13.5. The maximum Gasteiger partial charge on any atom is 0.257 e. The number of amides is 1. The van der Waals surface area contributed by atoms with Crippen LogP contribution < -0.4 is 14.8 Å². The van der Waals surface area contributed by atoms with Crippen molar-refractivity contribution in [3.05, 3.63) is 64.4 Å². The Balaban J connectivity index is 1.90. The fourth-order valence-electron chi connectivity index (χ4n) is 3.00. The Bertz CT molecular complexity index is 1000. The molecule has 0 fully saturated rings. The molecule has 146 valence electrons. The number of aryl methyl sites for hydroxylation is 1. The van der Waals surface area contributed by atoms with Crippen LogP contribution in [0.4, 0.5) is 0 Å². The molecule has 0 saturated carbocycles. The average molecular weight is 401 g/mol. The Hall–Kier alpha value is -2.99. The summed E-state index contributed by atoms with van der Waals surface area (Å²) in [4.78, 5) is 13.0. The molecule has 0 aliphatic rings. The van der Waals surface area contributed by atoms with Gasteiger partial charge < -0.3 is 19.3 Å². The minimum absolute atomic E-state index is 0.306. The van der Waals surface area contributed by atoms with E-state index in [1.165, 1.54) is 0 Å². The summed E-state index contributed by atoms with van der Waals surface area (Å²) in [5.74, 6) is 1.41. The van der Waals surface area contributed by atoms with E-state index in [2.05, 4.69) is 10.5 Å². The number of ether oxygens (including phenoxy) is 2. The molecule has 0 aliphatic carbocycles. The number of aromatic nitrogens is 1. The van der Waals surface area contributed by atoms with Crippen LogP contribution in [0.5, 0.6) is 11.5 Å². The number of carbonyl (C=O) groups excluding carboxylic acids is 1. The monoisotopic (exact) mass is 400 g/mol. The van der Waals surface area contributed by atoms with Gasteiger partial charge in [-0.15, -0.1) is 0 Å². The lowest BCUT2D eigenvalue weighted by molar-refractivity contribution is 0.0938. The molecule has 0 spiro atoms. The Kier molecular flexibility index (Phi) is 5.90. The zero-order chi connectivity index (χ0) is 20.3. The SMILES string of the molecule is COc1ccc(C(C)NC(=O)c2c(-c3ccccc3Cl)noc2C)c(OC)c1. The molecule has 2 aromatic carbocycles. The summed E-state index contributed by atoms with van der Waals surface area (Å²) in [5, 5.41) is 7.52. The number of nitrogens with one attached hydrogen (secondary N) is 1. The molecule has 1 amide bonds. The number of methoxy groups -OCH3 is 2. The van der Waals surface area contributed by atoms with Crippen LogP contribution in [0.3, 0.4) is 0 Å². The molecule has 0 saturated heterocycles. The van der Waals surface area contributed by atoms with Crippen LogP contribution in [0.1, 0.15) is 34.6 Å². The van der Waals surface area contributed by atoms with E-state index in [-0.39, 0.29) is 11.9 Å². The fraction of sp³-hybridized carbons (Fsp3) is 0.238. The molecule has 1 atom stereocenters. The summed E-state index contributed by atoms with van der Waals surface area (Å²) in [6, 6.07) is 12.3. The zero-order valence-electron chi connectivity index (χ0n) is 16.1. The van der Waals surface area contributed by atoms with E-state index in [4.69, 9.17) is 25.6 Å². The summed E-state index contributed by atoms with van der Waals surface area (Å²) < 4.78 is 15.9. The molecule has 0 bridgehead atoms. The highest BCUT2D eigenvalue weighted by molar-refractivity contribution is 6.33. The maximum absolute atomic E-state index is 13.0. The fourth-order valence-corrected chi connectivity index (χ4v) is 3.22. The highest BCUT2D eigenvalue weighted by atomic mass is 35.5. The maximum atomic E-state index is 13.0. The molecule has 0 radical (unpaired) electrons. The Morgan fingerprint density at radius 2 is 1.93 bits per heavy atom. The highest BCUT2D eigenvalue weighted by Crippen LogP contribution is 2.33. The number of rotatable bonds is 6. The van der Waals surface area contributed by atoms with Crippen molar-refractivity contribution in [1.29, 1.82) is 0 Å².